The SMILES string of the molecule is CCc1nc(CCl)c2c(C)cccn12. The van der Waals surface area contributed by atoms with E-state index in [-0.39, 0.29) is 0 Å². The molecule has 0 radical (unpaired) electrons. The fourth-order valence-electron chi connectivity index (χ4n) is 1.80. The number of rotatable bonds is 2. The summed E-state index contributed by atoms with van der Waals surface area (Å²) in [5, 5.41) is 0. The smallest absolute Gasteiger partial charge is 0.113 e. The Morgan fingerprint density at radius 3 is 2.93 bits per heavy atom. The molecule has 0 aromatic carbocycles. The van der Waals surface area contributed by atoms with Crippen molar-refractivity contribution in [1.29, 1.82) is 0 Å². The fraction of sp³-hybridized carbons (Fsp3) is 0.364. The van der Waals surface area contributed by atoms with E-state index in [9.17, 15) is 0 Å². The highest BCUT2D eigenvalue weighted by Crippen LogP contribution is 2.19. The van der Waals surface area contributed by atoms with E-state index in [1.807, 2.05) is 12.3 Å². The second kappa shape index (κ2) is 3.62. The molecule has 0 unspecified atom stereocenters. The highest BCUT2D eigenvalue weighted by atomic mass is 35.5. The summed E-state index contributed by atoms with van der Waals surface area (Å²) in [5.41, 5.74) is 3.39. The van der Waals surface area contributed by atoms with E-state index in [0.717, 1.165) is 17.9 Å². The van der Waals surface area contributed by atoms with Crippen molar-refractivity contribution < 1.29 is 0 Å². The van der Waals surface area contributed by atoms with E-state index in [1.165, 1.54) is 11.1 Å². The molecule has 74 valence electrons. The number of halogens is 1. The van der Waals surface area contributed by atoms with Gasteiger partial charge < -0.3 is 4.40 Å². The van der Waals surface area contributed by atoms with Crippen LogP contribution >= 0.6 is 11.6 Å². The number of alkyl halides is 1. The Balaban J connectivity index is 2.82. The lowest BCUT2D eigenvalue weighted by atomic mass is 10.2. The van der Waals surface area contributed by atoms with E-state index >= 15 is 0 Å². The first-order valence-corrected chi connectivity index (χ1v) is 5.32. The maximum absolute atomic E-state index is 5.87. The van der Waals surface area contributed by atoms with Crippen molar-refractivity contribution in [2.75, 3.05) is 0 Å². The van der Waals surface area contributed by atoms with Crippen LogP contribution in [0.1, 0.15) is 24.0 Å². The molecular formula is C11H13ClN2. The van der Waals surface area contributed by atoms with Crippen LogP contribution < -0.4 is 0 Å². The highest BCUT2D eigenvalue weighted by molar-refractivity contribution is 6.17. The fourth-order valence-corrected chi connectivity index (χ4v) is 1.99. The van der Waals surface area contributed by atoms with Crippen LogP contribution in [0, 0.1) is 6.92 Å². The molecule has 2 heterocycles. The van der Waals surface area contributed by atoms with Gasteiger partial charge in [0.25, 0.3) is 0 Å². The Bertz CT molecular complexity index is 460. The topological polar surface area (TPSA) is 17.3 Å². The molecule has 0 fully saturated rings. The largest absolute Gasteiger partial charge is 0.303 e. The molecule has 14 heavy (non-hydrogen) atoms. The molecule has 0 spiro atoms. The van der Waals surface area contributed by atoms with Crippen molar-refractivity contribution in [2.24, 2.45) is 0 Å². The summed E-state index contributed by atoms with van der Waals surface area (Å²) >= 11 is 5.87. The average molecular weight is 209 g/mol. The van der Waals surface area contributed by atoms with Crippen molar-refractivity contribution >= 4 is 17.1 Å². The summed E-state index contributed by atoms with van der Waals surface area (Å²) < 4.78 is 2.13. The molecule has 0 saturated carbocycles. The number of pyridine rings is 1. The molecular weight excluding hydrogens is 196 g/mol. The highest BCUT2D eigenvalue weighted by Gasteiger charge is 2.09. The lowest BCUT2D eigenvalue weighted by molar-refractivity contribution is 0.926. The van der Waals surface area contributed by atoms with Crippen LogP contribution in [0.4, 0.5) is 0 Å². The van der Waals surface area contributed by atoms with Crippen molar-refractivity contribution in [3.8, 4) is 0 Å². The molecule has 0 saturated heterocycles. The van der Waals surface area contributed by atoms with E-state index in [2.05, 4.69) is 29.3 Å². The second-order valence-electron chi connectivity index (χ2n) is 3.37. The predicted octanol–water partition coefficient (Wildman–Crippen LogP) is 2.94. The summed E-state index contributed by atoms with van der Waals surface area (Å²) in [7, 11) is 0. The number of hydrogen-bond acceptors (Lipinski definition) is 1. The van der Waals surface area contributed by atoms with Crippen molar-refractivity contribution in [2.45, 2.75) is 26.1 Å². The molecule has 0 bridgehead atoms. The van der Waals surface area contributed by atoms with Crippen LogP contribution in [0.5, 0.6) is 0 Å². The first-order valence-electron chi connectivity index (χ1n) is 4.79. The summed E-state index contributed by atoms with van der Waals surface area (Å²) in [5.74, 6) is 1.56. The standard InChI is InChI=1S/C11H13ClN2/c1-3-10-13-9(7-12)11-8(2)5-4-6-14(10)11/h4-6H,3,7H2,1-2H3. The van der Waals surface area contributed by atoms with Crippen LogP contribution in [0.2, 0.25) is 0 Å². The second-order valence-corrected chi connectivity index (χ2v) is 3.64. The first-order chi connectivity index (χ1) is 6.77. The zero-order valence-corrected chi connectivity index (χ0v) is 9.17. The number of hydrogen-bond donors (Lipinski definition) is 0. The molecule has 0 atom stereocenters. The van der Waals surface area contributed by atoms with Gasteiger partial charge in [-0.2, -0.15) is 0 Å². The molecule has 2 aromatic rings. The molecule has 2 rings (SSSR count). The normalized spacial score (nSPS) is 11.1. The number of aryl methyl sites for hydroxylation is 2. The van der Waals surface area contributed by atoms with Gasteiger partial charge in [-0.05, 0) is 18.6 Å². The lowest BCUT2D eigenvalue weighted by Crippen LogP contribution is -1.92. The Hall–Kier alpha value is -1.02. The van der Waals surface area contributed by atoms with E-state index < -0.39 is 0 Å². The van der Waals surface area contributed by atoms with E-state index in [0.29, 0.717) is 5.88 Å². The molecule has 0 aliphatic heterocycles. The van der Waals surface area contributed by atoms with Gasteiger partial charge >= 0.3 is 0 Å². The van der Waals surface area contributed by atoms with Gasteiger partial charge in [-0.3, -0.25) is 0 Å². The maximum atomic E-state index is 5.87. The third-order valence-electron chi connectivity index (χ3n) is 2.45. The predicted molar refractivity (Wildman–Crippen MR) is 58.9 cm³/mol. The molecule has 2 nitrogen and oxygen atoms in total. The van der Waals surface area contributed by atoms with Crippen LogP contribution in [0.3, 0.4) is 0 Å². The van der Waals surface area contributed by atoms with Gasteiger partial charge in [-0.15, -0.1) is 11.6 Å². The Morgan fingerprint density at radius 2 is 2.29 bits per heavy atom. The van der Waals surface area contributed by atoms with Gasteiger partial charge in [0, 0.05) is 12.6 Å². The number of nitrogens with zero attached hydrogens (tertiary/aromatic N) is 2. The van der Waals surface area contributed by atoms with Crippen LogP contribution in [-0.2, 0) is 12.3 Å². The molecule has 3 heteroatoms. The summed E-state index contributed by atoms with van der Waals surface area (Å²) in [6.45, 7) is 4.20. The van der Waals surface area contributed by atoms with Crippen LogP contribution in [0.15, 0.2) is 18.3 Å². The van der Waals surface area contributed by atoms with Gasteiger partial charge in [-0.25, -0.2) is 4.98 Å². The third kappa shape index (κ3) is 1.30. The van der Waals surface area contributed by atoms with Crippen LogP contribution in [-0.4, -0.2) is 9.38 Å². The van der Waals surface area contributed by atoms with Crippen molar-refractivity contribution in [1.82, 2.24) is 9.38 Å². The van der Waals surface area contributed by atoms with Gasteiger partial charge in [0.15, 0.2) is 0 Å². The lowest BCUT2D eigenvalue weighted by Gasteiger charge is -2.00. The van der Waals surface area contributed by atoms with Gasteiger partial charge in [0.2, 0.25) is 0 Å². The van der Waals surface area contributed by atoms with Gasteiger partial charge in [0.05, 0.1) is 17.1 Å². The van der Waals surface area contributed by atoms with E-state index in [4.69, 9.17) is 11.6 Å². The minimum atomic E-state index is 0.481. The number of aromatic nitrogens is 2. The zero-order chi connectivity index (χ0) is 10.1. The molecule has 0 amide bonds. The minimum absolute atomic E-state index is 0.481. The average Bonchev–Trinajstić information content (AvgIpc) is 2.57. The summed E-state index contributed by atoms with van der Waals surface area (Å²) in [6, 6.07) is 4.13. The minimum Gasteiger partial charge on any atom is -0.303 e. The quantitative estimate of drug-likeness (QED) is 0.694. The Kier molecular flexibility index (Phi) is 2.46. The number of imidazole rings is 1. The molecule has 0 aliphatic rings. The summed E-state index contributed by atoms with van der Waals surface area (Å²) in [4.78, 5) is 4.52. The van der Waals surface area contributed by atoms with Gasteiger partial charge in [0.1, 0.15) is 5.82 Å². The van der Waals surface area contributed by atoms with Gasteiger partial charge in [-0.1, -0.05) is 13.0 Å². The van der Waals surface area contributed by atoms with Crippen molar-refractivity contribution in [3.05, 3.63) is 35.4 Å². The zero-order valence-electron chi connectivity index (χ0n) is 8.42. The molecule has 2 aromatic heterocycles. The first kappa shape index (κ1) is 9.53. The third-order valence-corrected chi connectivity index (χ3v) is 2.71. The number of fused-ring (bicyclic) bond motifs is 1. The molecule has 0 aliphatic carbocycles. The maximum Gasteiger partial charge on any atom is 0.113 e. The summed E-state index contributed by atoms with van der Waals surface area (Å²) in [6.07, 6.45) is 2.98. The molecule has 0 N–H and O–H groups in total. The van der Waals surface area contributed by atoms with Crippen LogP contribution in [0.25, 0.3) is 5.52 Å². The monoisotopic (exact) mass is 208 g/mol. The Morgan fingerprint density at radius 1 is 1.50 bits per heavy atom. The Labute approximate surface area is 88.5 Å². The van der Waals surface area contributed by atoms with Crippen molar-refractivity contribution in [3.63, 3.8) is 0 Å². The van der Waals surface area contributed by atoms with E-state index in [1.54, 1.807) is 0 Å².